The van der Waals surface area contributed by atoms with Crippen LogP contribution in [0, 0.1) is 11.3 Å². The zero-order valence-corrected chi connectivity index (χ0v) is 20.3. The minimum absolute atomic E-state index is 0.114. The van der Waals surface area contributed by atoms with E-state index in [4.69, 9.17) is 33.2 Å². The smallest absolute Gasteiger partial charge is 0.349 e. The number of hydrogen-bond acceptors (Lipinski definition) is 5. The maximum absolute atomic E-state index is 12.2. The summed E-state index contributed by atoms with van der Waals surface area (Å²) in [6.07, 6.45) is 1.99. The predicted molar refractivity (Wildman–Crippen MR) is 138 cm³/mol. The van der Waals surface area contributed by atoms with E-state index < -0.39 is 16.9 Å². The largest absolute Gasteiger partial charge is 0.454 e. The molecule has 0 aliphatic heterocycles. The molecule has 2 aromatic heterocycles. The van der Waals surface area contributed by atoms with Crippen LogP contribution in [0.4, 0.5) is 0 Å². The van der Waals surface area contributed by atoms with Crippen molar-refractivity contribution in [2.45, 2.75) is 12.8 Å². The fourth-order valence-electron chi connectivity index (χ4n) is 4.00. The first-order valence-electron chi connectivity index (χ1n) is 10.8. The fourth-order valence-corrected chi connectivity index (χ4v) is 4.55. The van der Waals surface area contributed by atoms with E-state index in [1.54, 1.807) is 12.1 Å². The van der Waals surface area contributed by atoms with Crippen LogP contribution in [0.5, 0.6) is 11.5 Å². The van der Waals surface area contributed by atoms with Gasteiger partial charge in [0.15, 0.2) is 5.75 Å². The number of ether oxygens (including phenoxy) is 1. The van der Waals surface area contributed by atoms with Crippen molar-refractivity contribution < 1.29 is 4.74 Å². The third kappa shape index (κ3) is 4.26. The number of hydrogen-bond donors (Lipinski definition) is 2. The van der Waals surface area contributed by atoms with E-state index >= 15 is 0 Å². The molecule has 0 radical (unpaired) electrons. The number of H-pyrrole nitrogens is 2. The average molecular weight is 518 g/mol. The van der Waals surface area contributed by atoms with Gasteiger partial charge in [-0.15, -0.1) is 5.10 Å². The number of fused-ring (bicyclic) bond motifs is 1. The Labute approximate surface area is 214 Å². The number of benzene rings is 3. The topological polar surface area (TPSA) is 117 Å². The first-order chi connectivity index (χ1) is 17.4. The van der Waals surface area contributed by atoms with Crippen LogP contribution in [0.3, 0.4) is 0 Å². The lowest BCUT2D eigenvalue weighted by Gasteiger charge is -2.14. The van der Waals surface area contributed by atoms with Gasteiger partial charge in [0.1, 0.15) is 11.8 Å². The Balaban J connectivity index is 1.50. The maximum Gasteiger partial charge on any atom is 0.349 e. The highest BCUT2D eigenvalue weighted by Gasteiger charge is 2.17. The molecule has 36 heavy (non-hydrogen) atoms. The van der Waals surface area contributed by atoms with E-state index in [9.17, 15) is 9.59 Å². The second-order valence-corrected chi connectivity index (χ2v) is 8.87. The molecule has 0 bridgehead atoms. The monoisotopic (exact) mass is 517 g/mol. The summed E-state index contributed by atoms with van der Waals surface area (Å²) in [7, 11) is 0. The Morgan fingerprint density at radius 2 is 1.78 bits per heavy atom. The molecule has 178 valence electrons. The molecule has 5 aromatic rings. The van der Waals surface area contributed by atoms with Gasteiger partial charge in [-0.25, -0.2) is 4.79 Å². The summed E-state index contributed by atoms with van der Waals surface area (Å²) in [6.45, 7) is 2.14. The summed E-state index contributed by atoms with van der Waals surface area (Å²) in [5.74, 6) is 0.863. The Bertz CT molecular complexity index is 1740. The predicted octanol–water partition coefficient (Wildman–Crippen LogP) is 5.52. The first kappa shape index (κ1) is 23.4. The quantitative estimate of drug-likeness (QED) is 0.318. The molecule has 8 nitrogen and oxygen atoms in total. The lowest BCUT2D eigenvalue weighted by atomic mass is 9.93. The number of nitriles is 1. The van der Waals surface area contributed by atoms with E-state index in [1.807, 2.05) is 41.5 Å². The molecule has 10 heteroatoms. The number of aromatic amines is 2. The second kappa shape index (κ2) is 9.38. The molecule has 1 atom stereocenters. The standard InChI is InChI=1S/C26H17Cl2N5O3/c1-14(15-5-3-2-4-6-15)19-13-30-22-8-7-17(11-18(19)22)36-24-20(27)9-16(10-21(24)28)33-26(35)31-25(34)23(12-29)32-33/h2-11,13-14,30H,1H3,(H,31,34,35). The van der Waals surface area contributed by atoms with Crippen molar-refractivity contribution in [2.75, 3.05) is 0 Å². The molecule has 0 saturated carbocycles. The van der Waals surface area contributed by atoms with Gasteiger partial charge in [0.05, 0.1) is 15.7 Å². The van der Waals surface area contributed by atoms with Crippen molar-refractivity contribution in [1.29, 1.82) is 5.26 Å². The van der Waals surface area contributed by atoms with Crippen molar-refractivity contribution in [1.82, 2.24) is 19.7 Å². The molecule has 0 fully saturated rings. The van der Waals surface area contributed by atoms with Crippen LogP contribution < -0.4 is 16.0 Å². The summed E-state index contributed by atoms with van der Waals surface area (Å²) in [4.78, 5) is 29.2. The molecule has 3 aromatic carbocycles. The minimum Gasteiger partial charge on any atom is -0.454 e. The van der Waals surface area contributed by atoms with Crippen LogP contribution in [0.15, 0.2) is 76.4 Å². The average Bonchev–Trinajstić information content (AvgIpc) is 3.29. The van der Waals surface area contributed by atoms with Gasteiger partial charge in [-0.2, -0.15) is 9.94 Å². The van der Waals surface area contributed by atoms with Crippen LogP contribution >= 0.6 is 23.2 Å². The Morgan fingerprint density at radius 3 is 2.47 bits per heavy atom. The number of nitrogens with one attached hydrogen (secondary N) is 2. The van der Waals surface area contributed by atoms with Gasteiger partial charge in [-0.3, -0.25) is 9.78 Å². The lowest BCUT2D eigenvalue weighted by Crippen LogP contribution is -2.33. The normalized spacial score (nSPS) is 11.8. The molecule has 0 aliphatic rings. The molecule has 2 N–H and O–H groups in total. The van der Waals surface area contributed by atoms with E-state index in [1.165, 1.54) is 17.7 Å². The van der Waals surface area contributed by atoms with E-state index in [0.717, 1.165) is 21.1 Å². The highest BCUT2D eigenvalue weighted by atomic mass is 35.5. The highest BCUT2D eigenvalue weighted by Crippen LogP contribution is 2.39. The van der Waals surface area contributed by atoms with Crippen molar-refractivity contribution in [3.8, 4) is 23.3 Å². The third-order valence-corrected chi connectivity index (χ3v) is 6.39. The van der Waals surface area contributed by atoms with Crippen molar-refractivity contribution in [3.05, 3.63) is 115 Å². The fraction of sp³-hybridized carbons (Fsp3) is 0.0769. The Hall–Kier alpha value is -4.32. The summed E-state index contributed by atoms with van der Waals surface area (Å²) in [6, 6.07) is 20.3. The van der Waals surface area contributed by atoms with Crippen LogP contribution in [-0.2, 0) is 0 Å². The molecule has 0 spiro atoms. The van der Waals surface area contributed by atoms with Gasteiger partial charge in [-0.05, 0) is 41.5 Å². The summed E-state index contributed by atoms with van der Waals surface area (Å²) in [5.41, 5.74) is 1.25. The van der Waals surface area contributed by atoms with Gasteiger partial charge < -0.3 is 9.72 Å². The van der Waals surface area contributed by atoms with Gasteiger partial charge in [0.25, 0.3) is 5.56 Å². The lowest BCUT2D eigenvalue weighted by molar-refractivity contribution is 0.483. The van der Waals surface area contributed by atoms with Crippen LogP contribution in [0.25, 0.3) is 16.6 Å². The molecule has 0 saturated heterocycles. The number of aromatic nitrogens is 4. The number of halogens is 2. The number of rotatable bonds is 5. The zero-order chi connectivity index (χ0) is 25.4. The molecular weight excluding hydrogens is 501 g/mol. The molecule has 0 amide bonds. The SMILES string of the molecule is CC(c1ccccc1)c1c[nH]c2ccc(Oc3c(Cl)cc(-n4nc(C#N)c(=O)[nH]c4=O)cc3Cl)cc12. The zero-order valence-electron chi connectivity index (χ0n) is 18.8. The van der Waals surface area contributed by atoms with Crippen molar-refractivity contribution in [2.24, 2.45) is 0 Å². The van der Waals surface area contributed by atoms with Gasteiger partial charge >= 0.3 is 5.69 Å². The van der Waals surface area contributed by atoms with Crippen LogP contribution in [0.2, 0.25) is 10.0 Å². The molecule has 1 unspecified atom stereocenters. The Morgan fingerprint density at radius 1 is 1.06 bits per heavy atom. The minimum atomic E-state index is -0.878. The highest BCUT2D eigenvalue weighted by molar-refractivity contribution is 6.37. The maximum atomic E-state index is 12.2. The van der Waals surface area contributed by atoms with E-state index in [0.29, 0.717) is 5.75 Å². The number of nitrogens with zero attached hydrogens (tertiary/aromatic N) is 3. The first-order valence-corrected chi connectivity index (χ1v) is 11.6. The van der Waals surface area contributed by atoms with Gasteiger partial charge in [-0.1, -0.05) is 60.5 Å². The molecule has 2 heterocycles. The summed E-state index contributed by atoms with van der Waals surface area (Å²) >= 11 is 12.9. The van der Waals surface area contributed by atoms with Gasteiger partial charge in [0.2, 0.25) is 5.69 Å². The van der Waals surface area contributed by atoms with Crippen LogP contribution in [-0.4, -0.2) is 19.7 Å². The molecule has 5 rings (SSSR count). The van der Waals surface area contributed by atoms with Crippen molar-refractivity contribution in [3.63, 3.8) is 0 Å². The summed E-state index contributed by atoms with van der Waals surface area (Å²) in [5, 5.41) is 14.1. The third-order valence-electron chi connectivity index (χ3n) is 5.83. The van der Waals surface area contributed by atoms with Crippen LogP contribution in [0.1, 0.15) is 29.7 Å². The molecular formula is C26H17Cl2N5O3. The van der Waals surface area contributed by atoms with Gasteiger partial charge in [0, 0.05) is 23.0 Å². The second-order valence-electron chi connectivity index (χ2n) is 8.06. The van der Waals surface area contributed by atoms with Crippen molar-refractivity contribution >= 4 is 34.1 Å². The summed E-state index contributed by atoms with van der Waals surface area (Å²) < 4.78 is 6.89. The van der Waals surface area contributed by atoms with E-state index in [-0.39, 0.29) is 27.4 Å². The van der Waals surface area contributed by atoms with E-state index in [2.05, 4.69) is 29.1 Å². The Kier molecular flexibility index (Phi) is 6.10. The molecule has 0 aliphatic carbocycles.